The number of amides is 1. The van der Waals surface area contributed by atoms with Crippen molar-refractivity contribution >= 4 is 23.5 Å². The molecule has 0 saturated carbocycles. The maximum atomic E-state index is 13.2. The van der Waals surface area contributed by atoms with Gasteiger partial charge in [-0.2, -0.15) is 0 Å². The summed E-state index contributed by atoms with van der Waals surface area (Å²) in [6.45, 7) is 5.66. The minimum atomic E-state index is -1.20. The van der Waals surface area contributed by atoms with Crippen LogP contribution in [0.2, 0.25) is 5.02 Å². The molecule has 1 aliphatic rings. The highest BCUT2D eigenvalue weighted by Gasteiger charge is 2.32. The van der Waals surface area contributed by atoms with Crippen molar-refractivity contribution in [3.05, 3.63) is 82.5 Å². The first-order valence-corrected chi connectivity index (χ1v) is 12.2. The average Bonchev–Trinajstić information content (AvgIpc) is 3.34. The van der Waals surface area contributed by atoms with E-state index in [2.05, 4.69) is 11.8 Å². The Balaban J connectivity index is 1.35. The Labute approximate surface area is 219 Å². The monoisotopic (exact) mass is 530 g/mol. The molecule has 0 bridgehead atoms. The Morgan fingerprint density at radius 3 is 2.54 bits per heavy atom. The number of ether oxygens (including phenoxy) is 2. The summed E-state index contributed by atoms with van der Waals surface area (Å²) in [4.78, 5) is 28.4. The van der Waals surface area contributed by atoms with E-state index >= 15 is 0 Å². The summed E-state index contributed by atoms with van der Waals surface area (Å²) in [5.74, 6) is -1.23. The van der Waals surface area contributed by atoms with E-state index in [1.165, 1.54) is 24.5 Å². The zero-order chi connectivity index (χ0) is 26.5. The van der Waals surface area contributed by atoms with Crippen LogP contribution in [0.25, 0.3) is 0 Å². The number of hydrogen-bond acceptors (Lipinski definition) is 6. The van der Waals surface area contributed by atoms with Crippen LogP contribution < -0.4 is 9.47 Å². The number of benzene rings is 2. The highest BCUT2D eigenvalue weighted by molar-refractivity contribution is 6.30. The molecule has 1 aliphatic heterocycles. The average molecular weight is 531 g/mol. The number of carbonyl (C=O) groups is 2. The van der Waals surface area contributed by atoms with E-state index in [9.17, 15) is 19.1 Å². The van der Waals surface area contributed by atoms with E-state index in [1.54, 1.807) is 35.2 Å². The molecular weight excluding hydrogens is 503 g/mol. The van der Waals surface area contributed by atoms with Gasteiger partial charge in [-0.25, -0.2) is 9.18 Å². The first-order valence-electron chi connectivity index (χ1n) is 11.8. The number of rotatable bonds is 9. The summed E-state index contributed by atoms with van der Waals surface area (Å²) in [5.41, 5.74) is 1.38. The lowest BCUT2D eigenvalue weighted by Crippen LogP contribution is -2.58. The van der Waals surface area contributed by atoms with Crippen molar-refractivity contribution in [3.8, 4) is 11.5 Å². The van der Waals surface area contributed by atoms with E-state index in [0.29, 0.717) is 36.0 Å². The number of carboxylic acid groups (broad SMARTS) is 1. The van der Waals surface area contributed by atoms with Gasteiger partial charge in [0.2, 0.25) is 5.76 Å². The number of hydrogen-bond donors (Lipinski definition) is 1. The highest BCUT2D eigenvalue weighted by Crippen LogP contribution is 2.32. The SMILES string of the molecule is CC1CN(C(=O)COc2ccc(Cl)cc2OCc2ccoc2C(=O)O)C(C)CN1Cc1ccc(F)cc1. The standard InChI is InChI=1S/C27H28ClFN2O6/c1-17-13-31(18(2)12-30(17)14-19-3-6-22(29)7-4-19)25(32)16-37-23-8-5-21(28)11-24(23)36-15-20-9-10-35-26(20)27(33)34/h3-11,17-18H,12-16H2,1-2H3,(H,33,34). The summed E-state index contributed by atoms with van der Waals surface area (Å²) in [7, 11) is 0. The Bertz CT molecular complexity index is 1250. The van der Waals surface area contributed by atoms with E-state index in [4.69, 9.17) is 25.5 Å². The molecule has 1 amide bonds. The maximum absolute atomic E-state index is 13.2. The molecule has 1 fully saturated rings. The molecule has 2 heterocycles. The normalized spacial score (nSPS) is 18.0. The van der Waals surface area contributed by atoms with Gasteiger partial charge in [-0.3, -0.25) is 9.69 Å². The molecular formula is C27H28ClFN2O6. The van der Waals surface area contributed by atoms with Crippen LogP contribution >= 0.6 is 11.6 Å². The van der Waals surface area contributed by atoms with Crippen molar-refractivity contribution in [2.75, 3.05) is 19.7 Å². The van der Waals surface area contributed by atoms with Gasteiger partial charge in [-0.15, -0.1) is 0 Å². The topological polar surface area (TPSA) is 92.5 Å². The molecule has 0 aliphatic carbocycles. The van der Waals surface area contributed by atoms with Crippen LogP contribution in [-0.4, -0.2) is 58.6 Å². The number of piperazine rings is 1. The Morgan fingerprint density at radius 2 is 1.81 bits per heavy atom. The van der Waals surface area contributed by atoms with Crippen molar-refractivity contribution in [2.24, 2.45) is 0 Å². The van der Waals surface area contributed by atoms with Gasteiger partial charge in [0.15, 0.2) is 18.1 Å². The Hall–Kier alpha value is -3.56. The molecule has 3 aromatic rings. The summed E-state index contributed by atoms with van der Waals surface area (Å²) < 4.78 is 29.8. The van der Waals surface area contributed by atoms with Crippen LogP contribution in [-0.2, 0) is 17.9 Å². The van der Waals surface area contributed by atoms with Gasteiger partial charge in [0, 0.05) is 48.4 Å². The van der Waals surface area contributed by atoms with Gasteiger partial charge in [0.05, 0.1) is 6.26 Å². The lowest BCUT2D eigenvalue weighted by atomic mass is 10.1. The van der Waals surface area contributed by atoms with Crippen molar-refractivity contribution in [2.45, 2.75) is 39.1 Å². The lowest BCUT2D eigenvalue weighted by molar-refractivity contribution is -0.139. The second kappa shape index (κ2) is 11.7. The maximum Gasteiger partial charge on any atom is 0.372 e. The quantitative estimate of drug-likeness (QED) is 0.423. The second-order valence-electron chi connectivity index (χ2n) is 9.05. The molecule has 1 N–H and O–H groups in total. The molecule has 0 spiro atoms. The molecule has 8 nitrogen and oxygen atoms in total. The van der Waals surface area contributed by atoms with Crippen molar-refractivity contribution < 1.29 is 33.0 Å². The van der Waals surface area contributed by atoms with Gasteiger partial charge in [-0.05, 0) is 49.7 Å². The minimum Gasteiger partial charge on any atom is -0.485 e. The van der Waals surface area contributed by atoms with Crippen LogP contribution in [0.1, 0.15) is 35.5 Å². The van der Waals surface area contributed by atoms with Gasteiger partial charge < -0.3 is 23.9 Å². The number of furan rings is 1. The zero-order valence-corrected chi connectivity index (χ0v) is 21.3. The number of halogens is 2. The molecule has 10 heteroatoms. The first kappa shape index (κ1) is 26.5. The Kier molecular flexibility index (Phi) is 8.35. The first-order chi connectivity index (χ1) is 17.7. The summed E-state index contributed by atoms with van der Waals surface area (Å²) in [6.07, 6.45) is 1.28. The van der Waals surface area contributed by atoms with E-state index < -0.39 is 5.97 Å². The highest BCUT2D eigenvalue weighted by atomic mass is 35.5. The molecule has 1 aromatic heterocycles. The Morgan fingerprint density at radius 1 is 1.05 bits per heavy atom. The molecule has 4 rings (SSSR count). The van der Waals surface area contributed by atoms with Crippen molar-refractivity contribution in [1.29, 1.82) is 0 Å². The molecule has 2 atom stereocenters. The third-order valence-electron chi connectivity index (χ3n) is 6.32. The second-order valence-corrected chi connectivity index (χ2v) is 9.49. The van der Waals surface area contributed by atoms with Crippen LogP contribution in [0.15, 0.2) is 59.2 Å². The molecule has 1 saturated heterocycles. The molecule has 2 aromatic carbocycles. The number of nitrogens with zero attached hydrogens (tertiary/aromatic N) is 2. The fourth-order valence-electron chi connectivity index (χ4n) is 4.32. The van der Waals surface area contributed by atoms with E-state index in [0.717, 1.165) is 5.56 Å². The number of aromatic carboxylic acids is 1. The fourth-order valence-corrected chi connectivity index (χ4v) is 4.48. The van der Waals surface area contributed by atoms with Crippen molar-refractivity contribution in [1.82, 2.24) is 9.80 Å². The minimum absolute atomic E-state index is 0.0378. The predicted molar refractivity (Wildman–Crippen MR) is 134 cm³/mol. The smallest absolute Gasteiger partial charge is 0.372 e. The number of carboxylic acids is 1. The van der Waals surface area contributed by atoms with E-state index in [-0.39, 0.29) is 48.5 Å². The molecule has 2 unspecified atom stereocenters. The predicted octanol–water partition coefficient (Wildman–Crippen LogP) is 4.85. The van der Waals surface area contributed by atoms with Gasteiger partial charge in [0.25, 0.3) is 5.91 Å². The fraction of sp³-hybridized carbons (Fsp3) is 0.333. The van der Waals surface area contributed by atoms with Crippen LogP contribution in [0.3, 0.4) is 0 Å². The van der Waals surface area contributed by atoms with E-state index in [1.807, 2.05) is 6.92 Å². The molecule has 0 radical (unpaired) electrons. The van der Waals surface area contributed by atoms with Gasteiger partial charge in [0.1, 0.15) is 12.4 Å². The summed E-state index contributed by atoms with van der Waals surface area (Å²) in [5, 5.41) is 9.61. The van der Waals surface area contributed by atoms with Crippen molar-refractivity contribution in [3.63, 3.8) is 0 Å². The lowest BCUT2D eigenvalue weighted by Gasteiger charge is -2.44. The third-order valence-corrected chi connectivity index (χ3v) is 6.55. The number of carbonyl (C=O) groups excluding carboxylic acids is 1. The van der Waals surface area contributed by atoms with Gasteiger partial charge in [-0.1, -0.05) is 23.7 Å². The van der Waals surface area contributed by atoms with Gasteiger partial charge >= 0.3 is 5.97 Å². The summed E-state index contributed by atoms with van der Waals surface area (Å²) >= 11 is 6.11. The van der Waals surface area contributed by atoms with Crippen LogP contribution in [0.4, 0.5) is 4.39 Å². The molecule has 196 valence electrons. The van der Waals surface area contributed by atoms with Crippen LogP contribution in [0, 0.1) is 5.82 Å². The zero-order valence-electron chi connectivity index (χ0n) is 20.5. The largest absolute Gasteiger partial charge is 0.485 e. The molecule has 37 heavy (non-hydrogen) atoms. The third kappa shape index (κ3) is 6.61. The van der Waals surface area contributed by atoms with Crippen LogP contribution in [0.5, 0.6) is 11.5 Å². The summed E-state index contributed by atoms with van der Waals surface area (Å²) in [6, 6.07) is 12.8.